The van der Waals surface area contributed by atoms with Gasteiger partial charge < -0.3 is 21.2 Å². The van der Waals surface area contributed by atoms with E-state index in [1.165, 1.54) is 0 Å². The second-order valence-electron chi connectivity index (χ2n) is 4.79. The Bertz CT molecular complexity index is 908. The molecular weight excluding hydrogens is 278 g/mol. The van der Waals surface area contributed by atoms with Gasteiger partial charge in [-0.25, -0.2) is 0 Å². The minimum Gasteiger partial charge on any atom is -0.457 e. The first kappa shape index (κ1) is 13.9. The lowest BCUT2D eigenvalue weighted by Crippen LogP contribution is -2.00. The standard InChI is InChI=1S/C16H17N5O/c1-3-6-9(4-2)22-11-8-5-7-10-12(11)13-14(17)20-16(18)21-15(13)19-10/h3-8H,1-2H3,(H5,17,18,19,20,21)/b6-3-,9-4+. The van der Waals surface area contributed by atoms with Gasteiger partial charge in [-0.2, -0.15) is 9.97 Å². The summed E-state index contributed by atoms with van der Waals surface area (Å²) in [4.78, 5) is 11.4. The maximum atomic E-state index is 6.02. The van der Waals surface area contributed by atoms with E-state index in [0.29, 0.717) is 17.2 Å². The lowest BCUT2D eigenvalue weighted by molar-refractivity contribution is 0.449. The van der Waals surface area contributed by atoms with E-state index >= 15 is 0 Å². The molecule has 0 fully saturated rings. The van der Waals surface area contributed by atoms with Crippen molar-refractivity contribution in [2.24, 2.45) is 0 Å². The summed E-state index contributed by atoms with van der Waals surface area (Å²) >= 11 is 0. The number of aromatic amines is 1. The fourth-order valence-electron chi connectivity index (χ4n) is 2.42. The van der Waals surface area contributed by atoms with Crippen LogP contribution < -0.4 is 16.2 Å². The molecule has 6 heteroatoms. The van der Waals surface area contributed by atoms with Crippen LogP contribution in [0.15, 0.2) is 42.2 Å². The van der Waals surface area contributed by atoms with Crippen molar-refractivity contribution in [2.45, 2.75) is 13.8 Å². The fraction of sp³-hybridized carbons (Fsp3) is 0.125. The van der Waals surface area contributed by atoms with Crippen molar-refractivity contribution in [3.63, 3.8) is 0 Å². The molecule has 2 heterocycles. The highest BCUT2D eigenvalue weighted by Gasteiger charge is 2.15. The smallest absolute Gasteiger partial charge is 0.223 e. The maximum absolute atomic E-state index is 6.02. The molecule has 3 rings (SSSR count). The third-order valence-corrected chi connectivity index (χ3v) is 3.33. The number of ether oxygens (including phenoxy) is 1. The summed E-state index contributed by atoms with van der Waals surface area (Å²) in [5.74, 6) is 1.91. The largest absolute Gasteiger partial charge is 0.457 e. The first-order chi connectivity index (χ1) is 10.6. The molecule has 0 bridgehead atoms. The van der Waals surface area contributed by atoms with Crippen LogP contribution in [0.25, 0.3) is 21.9 Å². The first-order valence-electron chi connectivity index (χ1n) is 6.94. The Hall–Kier alpha value is -3.02. The van der Waals surface area contributed by atoms with Crippen LogP contribution in [0.3, 0.4) is 0 Å². The molecule has 6 nitrogen and oxygen atoms in total. The molecule has 0 aliphatic carbocycles. The van der Waals surface area contributed by atoms with E-state index in [9.17, 15) is 0 Å². The van der Waals surface area contributed by atoms with Crippen molar-refractivity contribution in [3.05, 3.63) is 42.2 Å². The van der Waals surface area contributed by atoms with Gasteiger partial charge in [0.15, 0.2) is 0 Å². The van der Waals surface area contributed by atoms with E-state index in [1.54, 1.807) is 0 Å². The Morgan fingerprint density at radius 2 is 2.00 bits per heavy atom. The van der Waals surface area contributed by atoms with E-state index in [4.69, 9.17) is 16.2 Å². The molecule has 0 spiro atoms. The number of benzene rings is 1. The van der Waals surface area contributed by atoms with Gasteiger partial charge >= 0.3 is 0 Å². The molecule has 112 valence electrons. The third kappa shape index (κ3) is 2.24. The molecule has 0 amide bonds. The maximum Gasteiger partial charge on any atom is 0.223 e. The Labute approximate surface area is 127 Å². The molecule has 3 aromatic rings. The average molecular weight is 295 g/mol. The normalized spacial score (nSPS) is 12.5. The minimum atomic E-state index is 0.141. The van der Waals surface area contributed by atoms with Gasteiger partial charge in [0.2, 0.25) is 5.95 Å². The van der Waals surface area contributed by atoms with Crippen molar-refractivity contribution < 1.29 is 4.74 Å². The van der Waals surface area contributed by atoms with E-state index in [0.717, 1.165) is 22.0 Å². The molecule has 1 aromatic carbocycles. The predicted molar refractivity (Wildman–Crippen MR) is 89.4 cm³/mol. The molecule has 0 aliphatic rings. The molecule has 2 aromatic heterocycles. The van der Waals surface area contributed by atoms with Crippen molar-refractivity contribution >= 4 is 33.7 Å². The zero-order valence-electron chi connectivity index (χ0n) is 12.4. The molecular formula is C16H17N5O. The van der Waals surface area contributed by atoms with Gasteiger partial charge in [-0.3, -0.25) is 0 Å². The van der Waals surface area contributed by atoms with Gasteiger partial charge in [0.1, 0.15) is 23.0 Å². The van der Waals surface area contributed by atoms with Crippen LogP contribution in [0, 0.1) is 0 Å². The summed E-state index contributed by atoms with van der Waals surface area (Å²) in [7, 11) is 0. The zero-order valence-corrected chi connectivity index (χ0v) is 12.4. The SMILES string of the molecule is C/C=C\C(=C/C)Oc1cccc2[nH]c3nc(N)nc(N)c3c12. The number of nitrogens with one attached hydrogen (secondary N) is 1. The molecule has 0 aliphatic heterocycles. The summed E-state index contributed by atoms with van der Waals surface area (Å²) in [5, 5.41) is 1.56. The van der Waals surface area contributed by atoms with Crippen LogP contribution >= 0.6 is 0 Å². The molecule has 0 radical (unpaired) electrons. The van der Waals surface area contributed by atoms with Crippen LogP contribution in [0.1, 0.15) is 13.8 Å². The number of nitrogens with zero attached hydrogens (tertiary/aromatic N) is 2. The number of aromatic nitrogens is 3. The Morgan fingerprint density at radius 1 is 1.18 bits per heavy atom. The second kappa shape index (κ2) is 5.40. The monoisotopic (exact) mass is 295 g/mol. The van der Waals surface area contributed by atoms with Crippen molar-refractivity contribution in [1.29, 1.82) is 0 Å². The summed E-state index contributed by atoms with van der Waals surface area (Å²) in [6.07, 6.45) is 5.71. The van der Waals surface area contributed by atoms with Crippen LogP contribution in [0.4, 0.5) is 11.8 Å². The van der Waals surface area contributed by atoms with Gasteiger partial charge in [-0.15, -0.1) is 0 Å². The van der Waals surface area contributed by atoms with Crippen molar-refractivity contribution in [3.8, 4) is 5.75 Å². The van der Waals surface area contributed by atoms with Gasteiger partial charge in [-0.1, -0.05) is 12.1 Å². The number of nitrogen functional groups attached to an aromatic ring is 2. The fourth-order valence-corrected chi connectivity index (χ4v) is 2.42. The number of anilines is 2. The summed E-state index contributed by atoms with van der Waals surface area (Å²) in [6, 6.07) is 5.73. The van der Waals surface area contributed by atoms with Crippen LogP contribution in [0.2, 0.25) is 0 Å². The Kier molecular flexibility index (Phi) is 3.42. The number of H-pyrrole nitrogens is 1. The third-order valence-electron chi connectivity index (χ3n) is 3.33. The molecule has 0 saturated heterocycles. The van der Waals surface area contributed by atoms with Gasteiger partial charge in [0.25, 0.3) is 0 Å². The average Bonchev–Trinajstić information content (AvgIpc) is 2.85. The minimum absolute atomic E-state index is 0.141. The second-order valence-corrected chi connectivity index (χ2v) is 4.79. The summed E-state index contributed by atoms with van der Waals surface area (Å²) in [6.45, 7) is 3.86. The Balaban J connectivity index is 2.27. The molecule has 0 unspecified atom stereocenters. The van der Waals surface area contributed by atoms with Gasteiger partial charge in [-0.05, 0) is 38.1 Å². The van der Waals surface area contributed by atoms with E-state index in [1.807, 2.05) is 50.3 Å². The van der Waals surface area contributed by atoms with E-state index in [2.05, 4.69) is 15.0 Å². The first-order valence-corrected chi connectivity index (χ1v) is 6.94. The quantitative estimate of drug-likeness (QED) is 0.509. The molecule has 0 saturated carbocycles. The number of rotatable bonds is 3. The zero-order chi connectivity index (χ0) is 15.7. The highest BCUT2D eigenvalue weighted by atomic mass is 16.5. The number of hydrogen-bond donors (Lipinski definition) is 3. The van der Waals surface area contributed by atoms with E-state index in [-0.39, 0.29) is 5.95 Å². The van der Waals surface area contributed by atoms with Crippen LogP contribution in [0.5, 0.6) is 5.75 Å². The summed E-state index contributed by atoms with van der Waals surface area (Å²) in [5.41, 5.74) is 13.1. The lowest BCUT2D eigenvalue weighted by Gasteiger charge is -2.08. The number of fused-ring (bicyclic) bond motifs is 3. The molecule has 22 heavy (non-hydrogen) atoms. The lowest BCUT2D eigenvalue weighted by atomic mass is 10.2. The van der Waals surface area contributed by atoms with E-state index < -0.39 is 0 Å². The topological polar surface area (TPSA) is 103 Å². The molecule has 0 atom stereocenters. The van der Waals surface area contributed by atoms with Gasteiger partial charge in [0.05, 0.1) is 16.3 Å². The number of hydrogen-bond acceptors (Lipinski definition) is 5. The number of allylic oxidation sites excluding steroid dienone is 3. The van der Waals surface area contributed by atoms with Crippen molar-refractivity contribution in [2.75, 3.05) is 11.5 Å². The van der Waals surface area contributed by atoms with Gasteiger partial charge in [0, 0.05) is 0 Å². The van der Waals surface area contributed by atoms with Crippen LogP contribution in [-0.4, -0.2) is 15.0 Å². The molecule has 5 N–H and O–H groups in total. The summed E-state index contributed by atoms with van der Waals surface area (Å²) < 4.78 is 5.98. The van der Waals surface area contributed by atoms with Crippen molar-refractivity contribution in [1.82, 2.24) is 15.0 Å². The highest BCUT2D eigenvalue weighted by molar-refractivity contribution is 6.13. The number of nitrogens with two attached hydrogens (primary N) is 2. The predicted octanol–water partition coefficient (Wildman–Crippen LogP) is 3.13. The highest BCUT2D eigenvalue weighted by Crippen LogP contribution is 2.36. The Morgan fingerprint density at radius 3 is 2.73 bits per heavy atom. The van der Waals surface area contributed by atoms with Crippen LogP contribution in [-0.2, 0) is 0 Å².